The van der Waals surface area contributed by atoms with Crippen LogP contribution in [0.15, 0.2) is 12.5 Å². The molecule has 2 aromatic heterocycles. The Bertz CT molecular complexity index is 692. The van der Waals surface area contributed by atoms with Gasteiger partial charge in [0.05, 0.1) is 18.6 Å². The molecular formula is C15H19N5O2. The van der Waals surface area contributed by atoms with Gasteiger partial charge in [-0.15, -0.1) is 0 Å². The standard InChI is InChI=1S/C15H19N5O2/c21-12-7-10(1-2-16-12)11-8-17-14-13(11)15(19-9-18-14)20-3-5-22-6-4-20/h8-10H,1-7H2,(H,16,21)(H,17,18,19). The minimum Gasteiger partial charge on any atom is -0.378 e. The molecule has 1 unspecified atom stereocenters. The van der Waals surface area contributed by atoms with Crippen LogP contribution in [0.4, 0.5) is 5.82 Å². The number of nitrogens with one attached hydrogen (secondary N) is 2. The molecule has 2 fully saturated rings. The summed E-state index contributed by atoms with van der Waals surface area (Å²) < 4.78 is 5.43. The van der Waals surface area contributed by atoms with Crippen LogP contribution in [0.3, 0.4) is 0 Å². The second kappa shape index (κ2) is 5.57. The number of aromatic amines is 1. The number of hydrogen-bond donors (Lipinski definition) is 2. The third kappa shape index (κ3) is 2.31. The van der Waals surface area contributed by atoms with Crippen LogP contribution in [0, 0.1) is 0 Å². The topological polar surface area (TPSA) is 83.1 Å². The zero-order valence-corrected chi connectivity index (χ0v) is 12.3. The van der Waals surface area contributed by atoms with E-state index in [1.54, 1.807) is 6.33 Å². The Balaban J connectivity index is 1.77. The first-order valence-electron chi connectivity index (χ1n) is 7.74. The van der Waals surface area contributed by atoms with E-state index in [1.807, 2.05) is 6.20 Å². The predicted molar refractivity (Wildman–Crippen MR) is 81.9 cm³/mol. The van der Waals surface area contributed by atoms with Crippen molar-refractivity contribution in [2.24, 2.45) is 0 Å². The lowest BCUT2D eigenvalue weighted by Gasteiger charge is -2.29. The van der Waals surface area contributed by atoms with Gasteiger partial charge in [-0.2, -0.15) is 0 Å². The fourth-order valence-electron chi connectivity index (χ4n) is 3.36. The number of morpholine rings is 1. The summed E-state index contributed by atoms with van der Waals surface area (Å²) in [6.45, 7) is 3.84. The Hall–Kier alpha value is -2.15. The normalized spacial score (nSPS) is 22.8. The highest BCUT2D eigenvalue weighted by molar-refractivity contribution is 5.92. The number of rotatable bonds is 2. The van der Waals surface area contributed by atoms with E-state index in [4.69, 9.17) is 4.74 Å². The molecule has 4 heterocycles. The van der Waals surface area contributed by atoms with Crippen molar-refractivity contribution in [1.29, 1.82) is 0 Å². The molecule has 2 aromatic rings. The van der Waals surface area contributed by atoms with Crippen molar-refractivity contribution in [3.8, 4) is 0 Å². The van der Waals surface area contributed by atoms with E-state index in [0.717, 1.165) is 61.7 Å². The number of carbonyl (C=O) groups excluding carboxylic acids is 1. The van der Waals surface area contributed by atoms with Crippen LogP contribution in [0.1, 0.15) is 24.3 Å². The van der Waals surface area contributed by atoms with Gasteiger partial charge < -0.3 is 19.9 Å². The maximum atomic E-state index is 11.7. The molecule has 2 aliphatic heterocycles. The van der Waals surface area contributed by atoms with Gasteiger partial charge in [0.1, 0.15) is 17.8 Å². The van der Waals surface area contributed by atoms with Crippen LogP contribution in [0.2, 0.25) is 0 Å². The van der Waals surface area contributed by atoms with Crippen LogP contribution in [-0.2, 0) is 9.53 Å². The molecule has 0 aromatic carbocycles. The number of carbonyl (C=O) groups is 1. The fraction of sp³-hybridized carbons (Fsp3) is 0.533. The van der Waals surface area contributed by atoms with Crippen molar-refractivity contribution >= 4 is 22.8 Å². The zero-order chi connectivity index (χ0) is 14.9. The second-order valence-electron chi connectivity index (χ2n) is 5.80. The highest BCUT2D eigenvalue weighted by atomic mass is 16.5. The first-order chi connectivity index (χ1) is 10.8. The van der Waals surface area contributed by atoms with Crippen molar-refractivity contribution in [3.63, 3.8) is 0 Å². The van der Waals surface area contributed by atoms with Crippen molar-refractivity contribution in [2.45, 2.75) is 18.8 Å². The number of nitrogens with zero attached hydrogens (tertiary/aromatic N) is 3. The lowest BCUT2D eigenvalue weighted by molar-refractivity contribution is -0.122. The van der Waals surface area contributed by atoms with E-state index < -0.39 is 0 Å². The molecule has 2 N–H and O–H groups in total. The average Bonchev–Trinajstić information content (AvgIpc) is 3.00. The number of amides is 1. The van der Waals surface area contributed by atoms with Crippen LogP contribution in [0.25, 0.3) is 11.0 Å². The van der Waals surface area contributed by atoms with Gasteiger partial charge in [-0.25, -0.2) is 9.97 Å². The number of H-pyrrole nitrogens is 1. The van der Waals surface area contributed by atoms with Gasteiger partial charge in [-0.1, -0.05) is 0 Å². The van der Waals surface area contributed by atoms with E-state index in [-0.39, 0.29) is 11.8 Å². The number of hydrogen-bond acceptors (Lipinski definition) is 5. The molecule has 0 spiro atoms. The first kappa shape index (κ1) is 13.5. The van der Waals surface area contributed by atoms with E-state index in [0.29, 0.717) is 6.42 Å². The zero-order valence-electron chi connectivity index (χ0n) is 12.3. The summed E-state index contributed by atoms with van der Waals surface area (Å²) in [6.07, 6.45) is 5.08. The van der Waals surface area contributed by atoms with E-state index in [1.165, 1.54) is 0 Å². The fourth-order valence-corrected chi connectivity index (χ4v) is 3.36. The molecule has 7 nitrogen and oxygen atoms in total. The highest BCUT2D eigenvalue weighted by Crippen LogP contribution is 2.35. The van der Waals surface area contributed by atoms with Crippen molar-refractivity contribution in [1.82, 2.24) is 20.3 Å². The molecule has 0 bridgehead atoms. The number of piperidine rings is 1. The van der Waals surface area contributed by atoms with Crippen molar-refractivity contribution in [2.75, 3.05) is 37.7 Å². The highest BCUT2D eigenvalue weighted by Gasteiger charge is 2.26. The molecule has 1 atom stereocenters. The minimum absolute atomic E-state index is 0.121. The molecule has 116 valence electrons. The molecular weight excluding hydrogens is 282 g/mol. The molecule has 0 saturated carbocycles. The first-order valence-corrected chi connectivity index (χ1v) is 7.74. The summed E-state index contributed by atoms with van der Waals surface area (Å²) in [5.74, 6) is 1.30. The SMILES string of the molecule is O=C1CC(c2c[nH]c3ncnc(N4CCOCC4)c23)CCN1. The van der Waals surface area contributed by atoms with Crippen molar-refractivity contribution in [3.05, 3.63) is 18.1 Å². The van der Waals surface area contributed by atoms with Gasteiger partial charge in [0.15, 0.2) is 0 Å². The smallest absolute Gasteiger partial charge is 0.220 e. The van der Waals surface area contributed by atoms with Crippen molar-refractivity contribution < 1.29 is 9.53 Å². The number of ether oxygens (including phenoxy) is 1. The summed E-state index contributed by atoms with van der Waals surface area (Å²) in [4.78, 5) is 26.1. The molecule has 22 heavy (non-hydrogen) atoms. The summed E-state index contributed by atoms with van der Waals surface area (Å²) in [7, 11) is 0. The quantitative estimate of drug-likeness (QED) is 0.857. The maximum absolute atomic E-state index is 11.7. The second-order valence-corrected chi connectivity index (χ2v) is 5.80. The molecule has 7 heteroatoms. The van der Waals surface area contributed by atoms with Gasteiger partial charge in [0, 0.05) is 32.3 Å². The molecule has 0 aliphatic carbocycles. The van der Waals surface area contributed by atoms with E-state index in [2.05, 4.69) is 25.2 Å². The van der Waals surface area contributed by atoms with Crippen LogP contribution >= 0.6 is 0 Å². The number of anilines is 1. The van der Waals surface area contributed by atoms with Gasteiger partial charge >= 0.3 is 0 Å². The van der Waals surface area contributed by atoms with Crippen LogP contribution < -0.4 is 10.2 Å². The largest absolute Gasteiger partial charge is 0.378 e. The third-order valence-corrected chi connectivity index (χ3v) is 4.48. The lowest BCUT2D eigenvalue weighted by atomic mass is 9.90. The van der Waals surface area contributed by atoms with Gasteiger partial charge in [-0.05, 0) is 17.9 Å². The Labute approximate surface area is 128 Å². The van der Waals surface area contributed by atoms with Crippen LogP contribution in [0.5, 0.6) is 0 Å². The molecule has 2 saturated heterocycles. The summed E-state index contributed by atoms with van der Waals surface area (Å²) in [5.41, 5.74) is 2.00. The molecule has 0 radical (unpaired) electrons. The van der Waals surface area contributed by atoms with Gasteiger partial charge in [0.2, 0.25) is 5.91 Å². The molecule has 2 aliphatic rings. The minimum atomic E-state index is 0.121. The van der Waals surface area contributed by atoms with Crippen LogP contribution in [-0.4, -0.2) is 53.7 Å². The molecule has 1 amide bonds. The summed E-state index contributed by atoms with van der Waals surface area (Å²) in [5, 5.41) is 3.95. The van der Waals surface area contributed by atoms with E-state index in [9.17, 15) is 4.79 Å². The average molecular weight is 301 g/mol. The monoisotopic (exact) mass is 301 g/mol. The Morgan fingerprint density at radius 3 is 2.95 bits per heavy atom. The summed E-state index contributed by atoms with van der Waals surface area (Å²) in [6, 6.07) is 0. The Morgan fingerprint density at radius 1 is 1.27 bits per heavy atom. The van der Waals surface area contributed by atoms with E-state index >= 15 is 0 Å². The lowest BCUT2D eigenvalue weighted by Crippen LogP contribution is -2.37. The van der Waals surface area contributed by atoms with Gasteiger partial charge in [0.25, 0.3) is 0 Å². The van der Waals surface area contributed by atoms with Gasteiger partial charge in [-0.3, -0.25) is 4.79 Å². The number of aromatic nitrogens is 3. The molecule has 4 rings (SSSR count). The summed E-state index contributed by atoms with van der Waals surface area (Å²) >= 11 is 0. The maximum Gasteiger partial charge on any atom is 0.220 e. The Morgan fingerprint density at radius 2 is 2.14 bits per heavy atom. The number of fused-ring (bicyclic) bond motifs is 1. The Kier molecular flexibility index (Phi) is 3.42. The predicted octanol–water partition coefficient (Wildman–Crippen LogP) is 0.788. The third-order valence-electron chi connectivity index (χ3n) is 4.48.